The van der Waals surface area contributed by atoms with Gasteiger partial charge in [-0.1, -0.05) is 61.0 Å². The van der Waals surface area contributed by atoms with Gasteiger partial charge in [-0.3, -0.25) is 9.69 Å². The number of hydrogen-bond acceptors (Lipinski definition) is 7. The van der Waals surface area contributed by atoms with Crippen molar-refractivity contribution < 1.29 is 25.2 Å². The number of rotatable bonds is 9. The molecule has 1 aromatic heterocycles. The molecule has 1 heterocycles. The third kappa shape index (κ3) is 7.67. The Hall–Kier alpha value is -2.65. The smallest absolute Gasteiger partial charge is 0.203 e. The van der Waals surface area contributed by atoms with Crippen LogP contribution in [0, 0.1) is 12.3 Å². The summed E-state index contributed by atoms with van der Waals surface area (Å²) in [6.45, 7) is 7.08. The van der Waals surface area contributed by atoms with Gasteiger partial charge in [0.15, 0.2) is 0 Å². The molecular weight excluding hydrogens is 582 g/mol. The summed E-state index contributed by atoms with van der Waals surface area (Å²) in [4.78, 5) is 18.0. The van der Waals surface area contributed by atoms with Crippen LogP contribution in [0.25, 0.3) is 0 Å². The molecule has 45 heavy (non-hydrogen) atoms. The number of hydrogen-bond donors (Lipinski definition) is 4. The number of thiophene rings is 1. The number of nitrogens with zero attached hydrogens (tertiary/aromatic N) is 1. The largest absolute Gasteiger partial charge is 0.394 e. The van der Waals surface area contributed by atoms with Gasteiger partial charge in [0.2, 0.25) is 5.78 Å². The molecule has 3 aliphatic carbocycles. The summed E-state index contributed by atoms with van der Waals surface area (Å²) in [5, 5.41) is 43.8. The molecule has 0 spiro atoms. The van der Waals surface area contributed by atoms with E-state index in [1.54, 1.807) is 0 Å². The van der Waals surface area contributed by atoms with Crippen LogP contribution in [0.3, 0.4) is 0 Å². The fourth-order valence-electron chi connectivity index (χ4n) is 7.64. The van der Waals surface area contributed by atoms with E-state index in [4.69, 9.17) is 0 Å². The summed E-state index contributed by atoms with van der Waals surface area (Å²) < 4.78 is 0. The van der Waals surface area contributed by atoms with Gasteiger partial charge in [0, 0.05) is 35.5 Å². The summed E-state index contributed by atoms with van der Waals surface area (Å²) in [6, 6.07) is 20.0. The molecule has 3 aromatic rings. The summed E-state index contributed by atoms with van der Waals surface area (Å²) in [6.07, 6.45) is 5.58. The molecule has 0 aliphatic heterocycles. The van der Waals surface area contributed by atoms with Crippen molar-refractivity contribution in [3.63, 3.8) is 0 Å². The van der Waals surface area contributed by atoms with Crippen LogP contribution in [0.1, 0.15) is 95.1 Å². The summed E-state index contributed by atoms with van der Waals surface area (Å²) in [5.41, 5.74) is 3.22. The van der Waals surface area contributed by atoms with Crippen LogP contribution in [0.5, 0.6) is 0 Å². The van der Waals surface area contributed by atoms with Crippen LogP contribution < -0.4 is 0 Å². The maximum Gasteiger partial charge on any atom is 0.203 e. The van der Waals surface area contributed by atoms with Gasteiger partial charge in [0.05, 0.1) is 29.3 Å². The van der Waals surface area contributed by atoms with E-state index in [-0.39, 0.29) is 24.9 Å². The first kappa shape index (κ1) is 33.7. The molecule has 6 rings (SSSR count). The van der Waals surface area contributed by atoms with E-state index < -0.39 is 23.2 Å². The zero-order valence-electron chi connectivity index (χ0n) is 26.9. The second-order valence-electron chi connectivity index (χ2n) is 13.7. The number of allylic oxidation sites excluding steroid dienone is 2. The monoisotopic (exact) mass is 631 g/mol. The number of fused-ring (bicyclic) bond motifs is 8. The second kappa shape index (κ2) is 14.4. The molecule has 1 fully saturated rings. The molecular formula is C38H49NO5S. The Morgan fingerprint density at radius 2 is 1.84 bits per heavy atom. The van der Waals surface area contributed by atoms with E-state index in [9.17, 15) is 25.2 Å². The summed E-state index contributed by atoms with van der Waals surface area (Å²) in [7, 11) is 0. The Bertz CT molecular complexity index is 1480. The normalized spacial score (nSPS) is 26.4. The standard InChI is InChI=1S/C38H49NO5S/c1-26-8-7-18-37(3)34(17-19-38(37,44)25-39(23-31(42)24-40)22-28-9-5-4-6-10-28)32-15-13-29(20-30(41)14-11-26)21-33(32)36(43)35-16-12-27(2)45-35/h4-6,8-10,12-13,15-16,21,30-31,34,40-42,44H,7,11,14,17-20,22-25H2,1-3H3/t30-,31-,34-,37-,38+/m0/s1. The van der Waals surface area contributed by atoms with Crippen molar-refractivity contribution in [2.45, 2.75) is 96.0 Å². The lowest BCUT2D eigenvalue weighted by atomic mass is 9.64. The number of aliphatic hydroxyl groups is 4. The highest BCUT2D eigenvalue weighted by atomic mass is 32.1. The van der Waals surface area contributed by atoms with Gasteiger partial charge in [-0.2, -0.15) is 0 Å². The molecule has 7 heteroatoms. The van der Waals surface area contributed by atoms with Gasteiger partial charge in [-0.05, 0) is 99.6 Å². The van der Waals surface area contributed by atoms with Crippen molar-refractivity contribution in [1.29, 1.82) is 0 Å². The highest BCUT2D eigenvalue weighted by Gasteiger charge is 2.57. The number of carbonyl (C=O) groups excluding carboxylic acids is 1. The molecule has 0 saturated heterocycles. The first-order chi connectivity index (χ1) is 21.5. The highest BCUT2D eigenvalue weighted by Crippen LogP contribution is 2.59. The van der Waals surface area contributed by atoms with Crippen molar-refractivity contribution in [2.24, 2.45) is 5.41 Å². The Morgan fingerprint density at radius 1 is 1.07 bits per heavy atom. The van der Waals surface area contributed by atoms with Crippen LogP contribution in [0.2, 0.25) is 0 Å². The molecule has 3 aliphatic rings. The minimum absolute atomic E-state index is 0.00293. The minimum Gasteiger partial charge on any atom is -0.394 e. The Labute approximate surface area is 272 Å². The fourth-order valence-corrected chi connectivity index (χ4v) is 8.46. The minimum atomic E-state index is -1.10. The van der Waals surface area contributed by atoms with Gasteiger partial charge in [0.1, 0.15) is 0 Å². The molecule has 1 saturated carbocycles. The highest BCUT2D eigenvalue weighted by molar-refractivity contribution is 7.14. The quantitative estimate of drug-likeness (QED) is 0.166. The van der Waals surface area contributed by atoms with Crippen molar-refractivity contribution in [1.82, 2.24) is 4.90 Å². The number of aryl methyl sites for hydroxylation is 1. The molecule has 242 valence electrons. The van der Waals surface area contributed by atoms with E-state index in [1.165, 1.54) is 16.9 Å². The van der Waals surface area contributed by atoms with E-state index >= 15 is 0 Å². The summed E-state index contributed by atoms with van der Waals surface area (Å²) in [5.74, 6) is -0.0729. The fraction of sp³-hybridized carbons (Fsp3) is 0.500. The van der Waals surface area contributed by atoms with Gasteiger partial charge < -0.3 is 20.4 Å². The van der Waals surface area contributed by atoms with Crippen LogP contribution in [0.15, 0.2) is 72.3 Å². The van der Waals surface area contributed by atoms with Gasteiger partial charge >= 0.3 is 0 Å². The maximum absolute atomic E-state index is 14.1. The molecule has 0 unspecified atom stereocenters. The Kier molecular flexibility index (Phi) is 10.8. The predicted molar refractivity (Wildman–Crippen MR) is 181 cm³/mol. The molecule has 4 N–H and O–H groups in total. The number of aliphatic hydroxyl groups excluding tert-OH is 3. The van der Waals surface area contributed by atoms with Gasteiger partial charge in [-0.25, -0.2) is 0 Å². The third-order valence-corrected chi connectivity index (χ3v) is 11.3. The lowest BCUT2D eigenvalue weighted by molar-refractivity contribution is -0.0907. The first-order valence-corrected chi connectivity index (χ1v) is 17.2. The number of carbonyl (C=O) groups is 1. The molecule has 5 atom stereocenters. The average molecular weight is 632 g/mol. The van der Waals surface area contributed by atoms with Crippen LogP contribution in [-0.2, 0) is 13.0 Å². The van der Waals surface area contributed by atoms with E-state index in [1.807, 2.05) is 55.5 Å². The topological polar surface area (TPSA) is 101 Å². The molecule has 2 bridgehead atoms. The average Bonchev–Trinajstić information content (AvgIpc) is 3.56. The van der Waals surface area contributed by atoms with Crippen molar-refractivity contribution in [3.05, 3.63) is 104 Å². The molecule has 2 aromatic carbocycles. The van der Waals surface area contributed by atoms with E-state index in [0.29, 0.717) is 42.8 Å². The predicted octanol–water partition coefficient (Wildman–Crippen LogP) is 6.18. The lowest BCUT2D eigenvalue weighted by Gasteiger charge is -2.46. The zero-order valence-corrected chi connectivity index (χ0v) is 27.7. The van der Waals surface area contributed by atoms with E-state index in [0.717, 1.165) is 47.3 Å². The summed E-state index contributed by atoms with van der Waals surface area (Å²) >= 11 is 1.50. The number of ketones is 1. The number of benzene rings is 2. The Balaban J connectivity index is 1.57. The van der Waals surface area contributed by atoms with Gasteiger partial charge in [0.25, 0.3) is 0 Å². The SMILES string of the molecule is CC1=CCC[C@@]2(C)[C@@H](CC[C@@]2(O)CN(Cc2ccccc2)C[C@H](O)CO)c2ccc(cc2C(=O)c2ccc(C)s2)C[C@@H](O)CC1. The van der Waals surface area contributed by atoms with Gasteiger partial charge in [-0.15, -0.1) is 11.3 Å². The maximum atomic E-state index is 14.1. The zero-order chi connectivity index (χ0) is 32.2. The first-order valence-electron chi connectivity index (χ1n) is 16.4. The third-order valence-electron chi connectivity index (χ3n) is 10.3. The van der Waals surface area contributed by atoms with Crippen LogP contribution in [-0.4, -0.2) is 68.6 Å². The van der Waals surface area contributed by atoms with E-state index in [2.05, 4.69) is 37.0 Å². The molecule has 6 nitrogen and oxygen atoms in total. The van der Waals surface area contributed by atoms with Crippen molar-refractivity contribution in [3.8, 4) is 0 Å². The van der Waals surface area contributed by atoms with Crippen molar-refractivity contribution in [2.75, 3.05) is 19.7 Å². The Morgan fingerprint density at radius 3 is 2.56 bits per heavy atom. The molecule has 0 amide bonds. The van der Waals surface area contributed by atoms with Crippen LogP contribution in [0.4, 0.5) is 0 Å². The van der Waals surface area contributed by atoms with Crippen molar-refractivity contribution >= 4 is 17.1 Å². The van der Waals surface area contributed by atoms with Crippen LogP contribution >= 0.6 is 11.3 Å². The molecule has 0 radical (unpaired) electrons. The lowest BCUT2D eigenvalue weighted by Crippen LogP contribution is -2.53. The second-order valence-corrected chi connectivity index (χ2v) is 15.0.